The van der Waals surface area contributed by atoms with Gasteiger partial charge in [0, 0.05) is 25.9 Å². The molecule has 20 heavy (non-hydrogen) atoms. The lowest BCUT2D eigenvalue weighted by Gasteiger charge is -2.14. The zero-order valence-corrected chi connectivity index (χ0v) is 13.7. The first-order valence-corrected chi connectivity index (χ1v) is 8.14. The molecule has 0 spiro atoms. The van der Waals surface area contributed by atoms with Gasteiger partial charge in [-0.1, -0.05) is 18.5 Å². The minimum atomic E-state index is -3.58. The fraction of sp³-hybridized carbons (Fsp3) is 0.417. The van der Waals surface area contributed by atoms with E-state index in [1.165, 1.54) is 32.3 Å². The Balaban J connectivity index is 3.14. The molecule has 1 atom stereocenters. The molecule has 5 nitrogen and oxygen atoms in total. The first kappa shape index (κ1) is 17.2. The Hall–Kier alpha value is -0.820. The molecule has 1 aromatic rings. The number of hydrogen-bond donors (Lipinski definition) is 1. The number of carbonyl (C=O) groups is 1. The van der Waals surface area contributed by atoms with Crippen molar-refractivity contribution in [3.63, 3.8) is 0 Å². The van der Waals surface area contributed by atoms with Crippen LogP contribution in [-0.4, -0.2) is 38.6 Å². The van der Waals surface area contributed by atoms with E-state index in [-0.39, 0.29) is 27.4 Å². The standard InChI is InChI=1S/C12H16Cl2N2O3S/c1-8(7-13)12(17)15-11-6-9(4-5-10(11)14)20(18,19)16(2)3/h4-6,8H,7H2,1-3H3,(H,15,17). The molecule has 1 amide bonds. The van der Waals surface area contributed by atoms with Crippen LogP contribution >= 0.6 is 23.2 Å². The summed E-state index contributed by atoms with van der Waals surface area (Å²) in [6.07, 6.45) is 0. The summed E-state index contributed by atoms with van der Waals surface area (Å²) in [5.41, 5.74) is 0.247. The minimum Gasteiger partial charge on any atom is -0.324 e. The Morgan fingerprint density at radius 1 is 1.40 bits per heavy atom. The molecule has 112 valence electrons. The van der Waals surface area contributed by atoms with Crippen LogP contribution in [0.1, 0.15) is 6.92 Å². The molecular formula is C12H16Cl2N2O3S. The zero-order chi connectivity index (χ0) is 15.5. The highest BCUT2D eigenvalue weighted by molar-refractivity contribution is 7.89. The molecule has 8 heteroatoms. The summed E-state index contributed by atoms with van der Waals surface area (Å²) in [5.74, 6) is -0.553. The molecule has 0 radical (unpaired) electrons. The number of sulfonamides is 1. The van der Waals surface area contributed by atoms with Gasteiger partial charge in [-0.2, -0.15) is 0 Å². The third kappa shape index (κ3) is 3.85. The van der Waals surface area contributed by atoms with Crippen molar-refractivity contribution in [2.24, 2.45) is 5.92 Å². The Morgan fingerprint density at radius 2 is 2.00 bits per heavy atom. The number of nitrogens with zero attached hydrogens (tertiary/aromatic N) is 1. The van der Waals surface area contributed by atoms with E-state index in [1.54, 1.807) is 6.92 Å². The van der Waals surface area contributed by atoms with Gasteiger partial charge in [-0.15, -0.1) is 11.6 Å². The van der Waals surface area contributed by atoms with Gasteiger partial charge in [-0.25, -0.2) is 12.7 Å². The van der Waals surface area contributed by atoms with Crippen LogP contribution in [0.4, 0.5) is 5.69 Å². The average Bonchev–Trinajstić information content (AvgIpc) is 2.39. The normalized spacial score (nSPS) is 13.3. The number of amides is 1. The summed E-state index contributed by atoms with van der Waals surface area (Å²) in [4.78, 5) is 11.8. The van der Waals surface area contributed by atoms with Crippen LogP contribution in [0.15, 0.2) is 23.1 Å². The van der Waals surface area contributed by atoms with E-state index in [1.807, 2.05) is 0 Å². The van der Waals surface area contributed by atoms with Gasteiger partial charge in [0.25, 0.3) is 0 Å². The van der Waals surface area contributed by atoms with Gasteiger partial charge in [-0.05, 0) is 18.2 Å². The first-order valence-electron chi connectivity index (χ1n) is 5.79. The predicted molar refractivity (Wildman–Crippen MR) is 80.8 cm³/mol. The van der Waals surface area contributed by atoms with Crippen LogP contribution in [0, 0.1) is 5.92 Å². The van der Waals surface area contributed by atoms with Crippen LogP contribution in [0.2, 0.25) is 5.02 Å². The fourth-order valence-corrected chi connectivity index (χ4v) is 2.53. The van der Waals surface area contributed by atoms with Crippen LogP contribution in [0.3, 0.4) is 0 Å². The molecule has 1 rings (SSSR count). The number of anilines is 1. The minimum absolute atomic E-state index is 0.0562. The summed E-state index contributed by atoms with van der Waals surface area (Å²) in [6, 6.07) is 4.15. The lowest BCUT2D eigenvalue weighted by molar-refractivity contribution is -0.118. The first-order chi connectivity index (χ1) is 9.20. The van der Waals surface area contributed by atoms with Crippen molar-refractivity contribution in [3.05, 3.63) is 23.2 Å². The third-order valence-corrected chi connectivity index (χ3v) is 5.26. The van der Waals surface area contributed by atoms with Gasteiger partial charge in [0.2, 0.25) is 15.9 Å². The molecule has 0 fully saturated rings. The van der Waals surface area contributed by atoms with Crippen LogP contribution in [0.5, 0.6) is 0 Å². The molecule has 0 saturated heterocycles. The molecule has 0 aromatic heterocycles. The highest BCUT2D eigenvalue weighted by Crippen LogP contribution is 2.26. The molecule has 0 heterocycles. The Bertz CT molecular complexity index is 603. The van der Waals surface area contributed by atoms with E-state index in [0.717, 1.165) is 4.31 Å². The van der Waals surface area contributed by atoms with Crippen molar-refractivity contribution in [3.8, 4) is 0 Å². The van der Waals surface area contributed by atoms with Gasteiger partial charge < -0.3 is 5.32 Å². The van der Waals surface area contributed by atoms with Crippen LogP contribution in [-0.2, 0) is 14.8 Å². The topological polar surface area (TPSA) is 66.5 Å². The monoisotopic (exact) mass is 338 g/mol. The summed E-state index contributed by atoms with van der Waals surface area (Å²) >= 11 is 11.6. The average molecular weight is 339 g/mol. The number of alkyl halides is 1. The molecule has 0 aliphatic rings. The molecule has 0 aliphatic heterocycles. The van der Waals surface area contributed by atoms with E-state index >= 15 is 0 Å². The largest absolute Gasteiger partial charge is 0.324 e. The Kier molecular flexibility index (Phi) is 5.82. The van der Waals surface area contributed by atoms with Gasteiger partial charge in [-0.3, -0.25) is 4.79 Å². The Labute approximate surface area is 128 Å². The van der Waals surface area contributed by atoms with Crippen LogP contribution < -0.4 is 5.32 Å². The van der Waals surface area contributed by atoms with Crippen LogP contribution in [0.25, 0.3) is 0 Å². The van der Waals surface area contributed by atoms with Crippen molar-refractivity contribution in [1.82, 2.24) is 4.31 Å². The second-order valence-corrected chi connectivity index (χ2v) is 7.34. The number of nitrogens with one attached hydrogen (secondary N) is 1. The lowest BCUT2D eigenvalue weighted by Crippen LogP contribution is -2.24. The second kappa shape index (κ2) is 6.76. The SMILES string of the molecule is CC(CCl)C(=O)Nc1cc(S(=O)(=O)N(C)C)ccc1Cl. The predicted octanol–water partition coefficient (Wildman–Crippen LogP) is 2.40. The van der Waals surface area contributed by atoms with Crippen molar-refractivity contribution in [2.75, 3.05) is 25.3 Å². The maximum absolute atomic E-state index is 12.0. The van der Waals surface area contributed by atoms with Gasteiger partial charge in [0.05, 0.1) is 15.6 Å². The molecule has 1 N–H and O–H groups in total. The molecule has 0 bridgehead atoms. The number of rotatable bonds is 5. The zero-order valence-electron chi connectivity index (χ0n) is 11.4. The lowest BCUT2D eigenvalue weighted by atomic mass is 10.2. The third-order valence-electron chi connectivity index (χ3n) is 2.65. The molecule has 1 aromatic carbocycles. The number of halogens is 2. The van der Waals surface area contributed by atoms with E-state index in [0.29, 0.717) is 0 Å². The quantitative estimate of drug-likeness (QED) is 0.838. The van der Waals surface area contributed by atoms with Gasteiger partial charge in [0.1, 0.15) is 0 Å². The highest BCUT2D eigenvalue weighted by Gasteiger charge is 2.20. The van der Waals surface area contributed by atoms with Crippen molar-refractivity contribution >= 4 is 44.8 Å². The maximum atomic E-state index is 12.0. The summed E-state index contributed by atoms with van der Waals surface area (Å²) in [6.45, 7) is 1.66. The van der Waals surface area contributed by atoms with E-state index in [9.17, 15) is 13.2 Å². The molecule has 0 aliphatic carbocycles. The van der Waals surface area contributed by atoms with Crippen molar-refractivity contribution in [2.45, 2.75) is 11.8 Å². The number of carbonyl (C=O) groups excluding carboxylic acids is 1. The second-order valence-electron chi connectivity index (χ2n) is 4.47. The van der Waals surface area contributed by atoms with E-state index in [4.69, 9.17) is 23.2 Å². The number of hydrogen-bond acceptors (Lipinski definition) is 3. The highest BCUT2D eigenvalue weighted by atomic mass is 35.5. The van der Waals surface area contributed by atoms with Crippen molar-refractivity contribution < 1.29 is 13.2 Å². The number of benzene rings is 1. The molecular weight excluding hydrogens is 323 g/mol. The smallest absolute Gasteiger partial charge is 0.242 e. The molecule has 1 unspecified atom stereocenters. The van der Waals surface area contributed by atoms with Crippen molar-refractivity contribution in [1.29, 1.82) is 0 Å². The maximum Gasteiger partial charge on any atom is 0.242 e. The summed E-state index contributed by atoms with van der Waals surface area (Å²) in [7, 11) is -0.724. The van der Waals surface area contributed by atoms with E-state index < -0.39 is 15.9 Å². The van der Waals surface area contributed by atoms with Gasteiger partial charge >= 0.3 is 0 Å². The summed E-state index contributed by atoms with van der Waals surface area (Å²) in [5, 5.41) is 2.84. The molecule has 0 saturated carbocycles. The Morgan fingerprint density at radius 3 is 2.50 bits per heavy atom. The van der Waals surface area contributed by atoms with Gasteiger partial charge in [0.15, 0.2) is 0 Å². The summed E-state index contributed by atoms with van der Waals surface area (Å²) < 4.78 is 25.1. The fourth-order valence-electron chi connectivity index (χ4n) is 1.30. The van der Waals surface area contributed by atoms with E-state index in [2.05, 4.69) is 5.32 Å².